The Morgan fingerprint density at radius 1 is 1.17 bits per heavy atom. The molecule has 0 unspecified atom stereocenters. The molecule has 2 aromatic rings. The van der Waals surface area contributed by atoms with Crippen molar-refractivity contribution >= 4 is 34.8 Å². The Morgan fingerprint density at radius 3 is 2.62 bits per heavy atom. The van der Waals surface area contributed by atoms with E-state index in [1.165, 1.54) is 0 Å². The van der Waals surface area contributed by atoms with Crippen LogP contribution in [0.1, 0.15) is 25.3 Å². The molecule has 0 spiro atoms. The summed E-state index contributed by atoms with van der Waals surface area (Å²) >= 11 is 11.8. The van der Waals surface area contributed by atoms with Gasteiger partial charge in [0.2, 0.25) is 5.91 Å². The number of nitrogens with zero attached hydrogens (tertiary/aromatic N) is 1. The van der Waals surface area contributed by atoms with Crippen LogP contribution in [0.5, 0.6) is 5.75 Å². The van der Waals surface area contributed by atoms with Gasteiger partial charge >= 0.3 is 0 Å². The van der Waals surface area contributed by atoms with E-state index in [9.17, 15) is 4.79 Å². The fourth-order valence-corrected chi connectivity index (χ4v) is 2.42. The van der Waals surface area contributed by atoms with Crippen LogP contribution in [0.15, 0.2) is 53.6 Å². The van der Waals surface area contributed by atoms with E-state index in [4.69, 9.17) is 27.9 Å². The maximum Gasteiger partial charge on any atom is 0.240 e. The van der Waals surface area contributed by atoms with Crippen LogP contribution in [0.2, 0.25) is 10.0 Å². The summed E-state index contributed by atoms with van der Waals surface area (Å²) in [7, 11) is 0. The number of amides is 1. The molecule has 1 N–H and O–H groups in total. The molecule has 0 atom stereocenters. The lowest BCUT2D eigenvalue weighted by Crippen LogP contribution is -2.19. The summed E-state index contributed by atoms with van der Waals surface area (Å²) in [5, 5.41) is 5.10. The average molecular weight is 365 g/mol. The third kappa shape index (κ3) is 5.87. The van der Waals surface area contributed by atoms with E-state index in [1.807, 2.05) is 37.3 Å². The number of hydrazone groups is 1. The molecule has 0 aliphatic heterocycles. The Kier molecular flexibility index (Phi) is 7.09. The third-order valence-electron chi connectivity index (χ3n) is 3.24. The van der Waals surface area contributed by atoms with E-state index in [0.29, 0.717) is 35.2 Å². The van der Waals surface area contributed by atoms with Crippen LogP contribution in [0, 0.1) is 0 Å². The number of hydrogen-bond acceptors (Lipinski definition) is 3. The molecule has 0 saturated heterocycles. The van der Waals surface area contributed by atoms with Crippen LogP contribution in [0.3, 0.4) is 0 Å². The highest BCUT2D eigenvalue weighted by atomic mass is 35.5. The van der Waals surface area contributed by atoms with Gasteiger partial charge in [-0.2, -0.15) is 5.10 Å². The molecule has 0 aliphatic rings. The fraction of sp³-hybridized carbons (Fsp3) is 0.222. The van der Waals surface area contributed by atoms with Crippen molar-refractivity contribution in [2.45, 2.75) is 19.8 Å². The highest BCUT2D eigenvalue weighted by Crippen LogP contribution is 2.27. The van der Waals surface area contributed by atoms with Crippen molar-refractivity contribution in [1.29, 1.82) is 0 Å². The number of halogens is 2. The van der Waals surface area contributed by atoms with Gasteiger partial charge in [0.1, 0.15) is 5.75 Å². The monoisotopic (exact) mass is 364 g/mol. The maximum atomic E-state index is 11.8. The number of ether oxygens (including phenoxy) is 1. The summed E-state index contributed by atoms with van der Waals surface area (Å²) in [5.41, 5.74) is 4.28. The van der Waals surface area contributed by atoms with E-state index >= 15 is 0 Å². The van der Waals surface area contributed by atoms with E-state index in [2.05, 4.69) is 10.5 Å². The van der Waals surface area contributed by atoms with Crippen LogP contribution in [0.4, 0.5) is 0 Å². The smallest absolute Gasteiger partial charge is 0.240 e. The van der Waals surface area contributed by atoms with Crippen LogP contribution < -0.4 is 10.2 Å². The number of rotatable bonds is 7. The summed E-state index contributed by atoms with van der Waals surface area (Å²) in [6.07, 6.45) is 0.876. The Bertz CT molecular complexity index is 718. The van der Waals surface area contributed by atoms with Gasteiger partial charge in [-0.1, -0.05) is 53.5 Å². The normalized spacial score (nSPS) is 11.2. The molecule has 4 nitrogen and oxygen atoms in total. The zero-order valence-electron chi connectivity index (χ0n) is 13.3. The second-order valence-electron chi connectivity index (χ2n) is 5.12. The summed E-state index contributed by atoms with van der Waals surface area (Å²) in [4.78, 5) is 11.8. The molecule has 0 aromatic heterocycles. The Labute approximate surface area is 151 Å². The van der Waals surface area contributed by atoms with Gasteiger partial charge in [0.15, 0.2) is 0 Å². The van der Waals surface area contributed by atoms with Crippen molar-refractivity contribution < 1.29 is 9.53 Å². The molecule has 2 rings (SSSR count). The second kappa shape index (κ2) is 9.30. The molecule has 0 aliphatic carbocycles. The standard InChI is InChI=1S/C18H18Cl2N2O2/c1-13(14-6-3-2-4-7-14)21-22-18(23)8-5-11-24-17-10-9-15(19)12-16(17)20/h2-4,6-7,9-10,12H,5,8,11H2,1H3,(H,22,23)/b21-13-. The minimum atomic E-state index is -0.156. The van der Waals surface area contributed by atoms with Crippen molar-refractivity contribution in [2.24, 2.45) is 5.10 Å². The van der Waals surface area contributed by atoms with Crippen LogP contribution in [0.25, 0.3) is 0 Å². The van der Waals surface area contributed by atoms with E-state index < -0.39 is 0 Å². The summed E-state index contributed by atoms with van der Waals surface area (Å²) < 4.78 is 5.53. The zero-order valence-corrected chi connectivity index (χ0v) is 14.8. The number of benzene rings is 2. The number of carbonyl (C=O) groups excluding carboxylic acids is 1. The molecule has 0 fully saturated rings. The molecule has 1 amide bonds. The first-order chi connectivity index (χ1) is 11.6. The molecule has 6 heteroatoms. The molecule has 0 saturated carbocycles. The lowest BCUT2D eigenvalue weighted by molar-refractivity contribution is -0.121. The maximum absolute atomic E-state index is 11.8. The molecule has 0 heterocycles. The summed E-state index contributed by atoms with van der Waals surface area (Å²) in [5.74, 6) is 0.399. The SMILES string of the molecule is C/C(=N/NC(=O)CCCOc1ccc(Cl)cc1Cl)c1ccccc1. The first-order valence-electron chi connectivity index (χ1n) is 7.52. The Morgan fingerprint density at radius 2 is 1.92 bits per heavy atom. The van der Waals surface area contributed by atoms with Crippen LogP contribution in [-0.2, 0) is 4.79 Å². The van der Waals surface area contributed by atoms with Gasteiger partial charge in [-0.15, -0.1) is 0 Å². The first kappa shape index (κ1) is 18.3. The molecule has 0 bridgehead atoms. The molecule has 126 valence electrons. The van der Waals surface area contributed by atoms with Crippen molar-refractivity contribution in [3.63, 3.8) is 0 Å². The van der Waals surface area contributed by atoms with Crippen LogP contribution in [-0.4, -0.2) is 18.2 Å². The molecule has 24 heavy (non-hydrogen) atoms. The molecular formula is C18H18Cl2N2O2. The van der Waals surface area contributed by atoms with Gasteiger partial charge in [0.25, 0.3) is 0 Å². The largest absolute Gasteiger partial charge is 0.492 e. The second-order valence-corrected chi connectivity index (χ2v) is 5.97. The highest BCUT2D eigenvalue weighted by molar-refractivity contribution is 6.35. The summed E-state index contributed by atoms with van der Waals surface area (Å²) in [6.45, 7) is 2.23. The first-order valence-corrected chi connectivity index (χ1v) is 8.28. The molecule has 0 radical (unpaired) electrons. The van der Waals surface area contributed by atoms with Gasteiger partial charge in [0.05, 0.1) is 17.3 Å². The zero-order chi connectivity index (χ0) is 17.4. The predicted octanol–water partition coefficient (Wildman–Crippen LogP) is 4.69. The van der Waals surface area contributed by atoms with Gasteiger partial charge in [-0.25, -0.2) is 5.43 Å². The summed E-state index contributed by atoms with van der Waals surface area (Å²) in [6, 6.07) is 14.7. The van der Waals surface area contributed by atoms with Crippen molar-refractivity contribution in [3.05, 3.63) is 64.1 Å². The minimum absolute atomic E-state index is 0.156. The Hall–Kier alpha value is -2.04. The molecule has 2 aromatic carbocycles. The van der Waals surface area contributed by atoms with E-state index in [1.54, 1.807) is 18.2 Å². The minimum Gasteiger partial charge on any atom is -0.492 e. The quantitative estimate of drug-likeness (QED) is 0.440. The predicted molar refractivity (Wildman–Crippen MR) is 98.0 cm³/mol. The van der Waals surface area contributed by atoms with Gasteiger partial charge in [-0.05, 0) is 37.1 Å². The van der Waals surface area contributed by atoms with Gasteiger partial charge in [0, 0.05) is 11.4 Å². The van der Waals surface area contributed by atoms with Gasteiger partial charge in [-0.3, -0.25) is 4.79 Å². The highest BCUT2D eigenvalue weighted by Gasteiger charge is 2.04. The van der Waals surface area contributed by atoms with Gasteiger partial charge < -0.3 is 4.74 Å². The van der Waals surface area contributed by atoms with Crippen molar-refractivity contribution in [1.82, 2.24) is 5.43 Å². The molecular weight excluding hydrogens is 347 g/mol. The fourth-order valence-electron chi connectivity index (χ4n) is 1.95. The number of nitrogens with one attached hydrogen (secondary N) is 1. The topological polar surface area (TPSA) is 50.7 Å². The van der Waals surface area contributed by atoms with E-state index in [0.717, 1.165) is 11.3 Å². The third-order valence-corrected chi connectivity index (χ3v) is 3.77. The van der Waals surface area contributed by atoms with Crippen LogP contribution >= 0.6 is 23.2 Å². The van der Waals surface area contributed by atoms with Crippen molar-refractivity contribution in [3.8, 4) is 5.75 Å². The Balaban J connectivity index is 1.72. The lowest BCUT2D eigenvalue weighted by Gasteiger charge is -2.08. The average Bonchev–Trinajstić information content (AvgIpc) is 2.59. The van der Waals surface area contributed by atoms with Crippen molar-refractivity contribution in [2.75, 3.05) is 6.61 Å². The number of hydrogen-bond donors (Lipinski definition) is 1. The van der Waals surface area contributed by atoms with E-state index in [-0.39, 0.29) is 5.91 Å². The number of carbonyl (C=O) groups is 1. The lowest BCUT2D eigenvalue weighted by atomic mass is 10.1.